The molecule has 0 saturated heterocycles. The van der Waals surface area contributed by atoms with Gasteiger partial charge in [0.1, 0.15) is 11.5 Å². The van der Waals surface area contributed by atoms with E-state index >= 15 is 0 Å². The first-order chi connectivity index (χ1) is 9.44. The monoisotopic (exact) mass is 295 g/mol. The fourth-order valence-electron chi connectivity index (χ4n) is 2.68. The van der Waals surface area contributed by atoms with Gasteiger partial charge in [-0.25, -0.2) is 13.4 Å². The van der Waals surface area contributed by atoms with Crippen LogP contribution in [0.1, 0.15) is 29.7 Å². The van der Waals surface area contributed by atoms with Gasteiger partial charge in [-0.3, -0.25) is 4.79 Å². The second-order valence-corrected chi connectivity index (χ2v) is 7.48. The number of sulfone groups is 1. The van der Waals surface area contributed by atoms with Crippen molar-refractivity contribution < 1.29 is 13.2 Å². The first-order valence-corrected chi connectivity index (χ1v) is 8.42. The lowest BCUT2D eigenvalue weighted by atomic mass is 10.0. The minimum atomic E-state index is -3.15. The van der Waals surface area contributed by atoms with E-state index in [4.69, 9.17) is 0 Å². The third-order valence-corrected chi connectivity index (χ3v) is 5.19. The fraction of sp³-hybridized carbons (Fsp3) is 0.538. The highest BCUT2D eigenvalue weighted by Gasteiger charge is 2.26. The molecular weight excluding hydrogens is 278 g/mol. The molecule has 3 heterocycles. The molecule has 108 valence electrons. The Morgan fingerprint density at radius 1 is 1.50 bits per heavy atom. The minimum absolute atomic E-state index is 0.0588. The van der Waals surface area contributed by atoms with E-state index in [2.05, 4.69) is 17.2 Å². The molecule has 1 aromatic heterocycles. The maximum absolute atomic E-state index is 12.2. The highest BCUT2D eigenvalue weighted by molar-refractivity contribution is 7.94. The van der Waals surface area contributed by atoms with E-state index in [1.165, 1.54) is 6.08 Å². The number of rotatable bonds is 2. The summed E-state index contributed by atoms with van der Waals surface area (Å²) in [6.45, 7) is 2.96. The van der Waals surface area contributed by atoms with Crippen LogP contribution in [0, 0.1) is 5.92 Å². The first-order valence-electron chi connectivity index (χ1n) is 6.71. The van der Waals surface area contributed by atoms with Crippen molar-refractivity contribution >= 4 is 15.7 Å². The second kappa shape index (κ2) is 4.73. The average molecular weight is 295 g/mol. The number of imidazole rings is 1. The maximum Gasteiger partial charge on any atom is 0.270 e. The van der Waals surface area contributed by atoms with Crippen LogP contribution in [0.25, 0.3) is 0 Å². The summed E-state index contributed by atoms with van der Waals surface area (Å²) in [4.78, 5) is 16.5. The lowest BCUT2D eigenvalue weighted by molar-refractivity contribution is 0.0936. The molecule has 1 N–H and O–H groups in total. The largest absolute Gasteiger partial charge is 0.343 e. The number of carbonyl (C=O) groups excluding carboxylic acids is 1. The van der Waals surface area contributed by atoms with Crippen molar-refractivity contribution in [2.24, 2.45) is 5.92 Å². The van der Waals surface area contributed by atoms with Crippen molar-refractivity contribution in [2.45, 2.75) is 32.4 Å². The zero-order chi connectivity index (χ0) is 14.3. The maximum atomic E-state index is 12.2. The third-order valence-electron chi connectivity index (χ3n) is 3.79. The topological polar surface area (TPSA) is 81.1 Å². The van der Waals surface area contributed by atoms with E-state index in [1.54, 1.807) is 6.20 Å². The standard InChI is InChI=1S/C13H17N3O3S/c1-9-2-4-16-11(7-14-12(16)6-9)13(17)15-10-3-5-20(18,19)8-10/h3,5,7,9-10H,2,4,6,8H2,1H3,(H,15,17). The van der Waals surface area contributed by atoms with Gasteiger partial charge in [0.15, 0.2) is 9.84 Å². The van der Waals surface area contributed by atoms with Crippen LogP contribution in [0.5, 0.6) is 0 Å². The van der Waals surface area contributed by atoms with Crippen LogP contribution < -0.4 is 5.32 Å². The van der Waals surface area contributed by atoms with E-state index in [-0.39, 0.29) is 11.7 Å². The molecule has 0 radical (unpaired) electrons. The van der Waals surface area contributed by atoms with Gasteiger partial charge >= 0.3 is 0 Å². The molecule has 1 amide bonds. The zero-order valence-electron chi connectivity index (χ0n) is 11.2. The molecule has 6 nitrogen and oxygen atoms in total. The van der Waals surface area contributed by atoms with Gasteiger partial charge in [-0.15, -0.1) is 0 Å². The zero-order valence-corrected chi connectivity index (χ0v) is 12.1. The van der Waals surface area contributed by atoms with Crippen LogP contribution in [0.4, 0.5) is 0 Å². The summed E-state index contributed by atoms with van der Waals surface area (Å²) in [5.41, 5.74) is 0.518. The van der Waals surface area contributed by atoms with Crippen LogP contribution in [0.2, 0.25) is 0 Å². The van der Waals surface area contributed by atoms with E-state index in [0.717, 1.165) is 30.6 Å². The molecule has 0 aromatic carbocycles. The van der Waals surface area contributed by atoms with Gasteiger partial charge in [0.25, 0.3) is 5.91 Å². The van der Waals surface area contributed by atoms with Crippen molar-refractivity contribution in [1.82, 2.24) is 14.9 Å². The molecule has 2 unspecified atom stereocenters. The van der Waals surface area contributed by atoms with Crippen LogP contribution in [0.15, 0.2) is 17.7 Å². The van der Waals surface area contributed by atoms with E-state index in [9.17, 15) is 13.2 Å². The molecule has 2 atom stereocenters. The lowest BCUT2D eigenvalue weighted by Crippen LogP contribution is -2.37. The smallest absolute Gasteiger partial charge is 0.270 e. The number of amides is 1. The summed E-state index contributed by atoms with van der Waals surface area (Å²) in [5.74, 6) is 1.20. The van der Waals surface area contributed by atoms with Crippen molar-refractivity contribution in [3.8, 4) is 0 Å². The molecule has 0 bridgehead atoms. The summed E-state index contributed by atoms with van der Waals surface area (Å²) in [5, 5.41) is 3.89. The van der Waals surface area contributed by atoms with Gasteiger partial charge in [-0.2, -0.15) is 0 Å². The van der Waals surface area contributed by atoms with E-state index in [1.807, 2.05) is 4.57 Å². The predicted molar refractivity (Wildman–Crippen MR) is 73.9 cm³/mol. The number of aromatic nitrogens is 2. The molecule has 7 heteroatoms. The molecule has 3 rings (SSSR count). The molecule has 0 saturated carbocycles. The van der Waals surface area contributed by atoms with Crippen LogP contribution in [0.3, 0.4) is 0 Å². The van der Waals surface area contributed by atoms with Crippen molar-refractivity contribution in [2.75, 3.05) is 5.75 Å². The van der Waals surface area contributed by atoms with Gasteiger partial charge in [-0.05, 0) is 18.4 Å². The van der Waals surface area contributed by atoms with Gasteiger partial charge in [0.05, 0.1) is 18.0 Å². The summed E-state index contributed by atoms with van der Waals surface area (Å²) < 4.78 is 24.6. The number of carbonyl (C=O) groups is 1. The van der Waals surface area contributed by atoms with Crippen LogP contribution in [-0.4, -0.2) is 35.7 Å². The molecule has 0 aliphatic carbocycles. The Morgan fingerprint density at radius 2 is 2.30 bits per heavy atom. The van der Waals surface area contributed by atoms with Gasteiger partial charge < -0.3 is 9.88 Å². The Kier molecular flexibility index (Phi) is 3.16. The Labute approximate surface area is 117 Å². The second-order valence-electron chi connectivity index (χ2n) is 5.55. The average Bonchev–Trinajstić information content (AvgIpc) is 2.92. The molecule has 0 spiro atoms. The van der Waals surface area contributed by atoms with Crippen LogP contribution in [-0.2, 0) is 22.8 Å². The summed E-state index contributed by atoms with van der Waals surface area (Å²) in [6, 6.07) is -0.443. The molecule has 20 heavy (non-hydrogen) atoms. The molecule has 2 aliphatic heterocycles. The normalized spacial score (nSPS) is 27.2. The van der Waals surface area contributed by atoms with Gasteiger partial charge in [-0.1, -0.05) is 6.92 Å². The Bertz CT molecular complexity index is 675. The number of nitrogens with zero attached hydrogens (tertiary/aromatic N) is 2. The highest BCUT2D eigenvalue weighted by Crippen LogP contribution is 2.21. The SMILES string of the molecule is CC1CCn2c(C(=O)NC3C=CS(=O)(=O)C3)cnc2C1. The number of hydrogen-bond donors (Lipinski definition) is 1. The highest BCUT2D eigenvalue weighted by atomic mass is 32.2. The Hall–Kier alpha value is -1.63. The third kappa shape index (κ3) is 2.49. The lowest BCUT2D eigenvalue weighted by Gasteiger charge is -2.21. The molecule has 0 fully saturated rings. The van der Waals surface area contributed by atoms with Crippen molar-refractivity contribution in [1.29, 1.82) is 0 Å². The minimum Gasteiger partial charge on any atom is -0.343 e. The quantitative estimate of drug-likeness (QED) is 0.862. The van der Waals surface area contributed by atoms with Crippen LogP contribution >= 0.6 is 0 Å². The van der Waals surface area contributed by atoms with E-state index in [0.29, 0.717) is 11.6 Å². The summed E-state index contributed by atoms with van der Waals surface area (Å²) in [6.07, 6.45) is 5.00. The van der Waals surface area contributed by atoms with Crippen molar-refractivity contribution in [3.05, 3.63) is 29.2 Å². The van der Waals surface area contributed by atoms with Crippen molar-refractivity contribution in [3.63, 3.8) is 0 Å². The van der Waals surface area contributed by atoms with Gasteiger partial charge in [0.2, 0.25) is 0 Å². The first kappa shape index (κ1) is 13.4. The van der Waals surface area contributed by atoms with E-state index < -0.39 is 15.9 Å². The molecular formula is C13H17N3O3S. The molecule has 1 aromatic rings. The van der Waals surface area contributed by atoms with Gasteiger partial charge in [0, 0.05) is 18.4 Å². The summed E-state index contributed by atoms with van der Waals surface area (Å²) >= 11 is 0. The number of nitrogens with one attached hydrogen (secondary N) is 1. The molecule has 2 aliphatic rings. The number of fused-ring (bicyclic) bond motifs is 1. The predicted octanol–water partition coefficient (Wildman–Crippen LogP) is 0.506. The Morgan fingerprint density at radius 3 is 3.00 bits per heavy atom. The Balaban J connectivity index is 1.74. The number of hydrogen-bond acceptors (Lipinski definition) is 4. The summed E-state index contributed by atoms with van der Waals surface area (Å²) in [7, 11) is -3.15. The fourth-order valence-corrected chi connectivity index (χ4v) is 3.91.